The number of nitrogens with one attached hydrogen (secondary N) is 1. The van der Waals surface area contributed by atoms with E-state index in [9.17, 15) is 0 Å². The van der Waals surface area contributed by atoms with Crippen molar-refractivity contribution in [2.75, 3.05) is 19.8 Å². The van der Waals surface area contributed by atoms with Crippen molar-refractivity contribution >= 4 is 0 Å². The molecular weight excluding hydrogens is 134 g/mol. The van der Waals surface area contributed by atoms with Crippen LogP contribution in [-0.4, -0.2) is 40.7 Å². The third-order valence-electron chi connectivity index (χ3n) is 1.78. The fourth-order valence-electron chi connectivity index (χ4n) is 0.536. The van der Waals surface area contributed by atoms with Crippen LogP contribution in [0.2, 0.25) is 0 Å². The minimum Gasteiger partial charge on any atom is -0.396 e. The van der Waals surface area contributed by atoms with Gasteiger partial charge >= 0.3 is 0 Å². The lowest BCUT2D eigenvalue weighted by atomic mass is 9.88. The first-order valence-corrected chi connectivity index (χ1v) is 3.18. The molecule has 0 aliphatic carbocycles. The molecule has 1 atom stereocenters. The third kappa shape index (κ3) is 1.91. The zero-order valence-electron chi connectivity index (χ0n) is 6.04. The summed E-state index contributed by atoms with van der Waals surface area (Å²) < 4.78 is 0. The van der Waals surface area contributed by atoms with Gasteiger partial charge in [-0.15, -0.1) is 0 Å². The summed E-state index contributed by atoms with van der Waals surface area (Å²) in [5.74, 6) is -0.400. The highest BCUT2D eigenvalue weighted by Crippen LogP contribution is 2.13. The fourth-order valence-corrected chi connectivity index (χ4v) is 0.536. The maximum Gasteiger partial charge on any atom is 0.0831 e. The Kier molecular flexibility index (Phi) is 3.81. The van der Waals surface area contributed by atoms with Gasteiger partial charge in [0.2, 0.25) is 0 Å². The van der Waals surface area contributed by atoms with Crippen LogP contribution in [0.4, 0.5) is 0 Å². The molecule has 0 spiro atoms. The topological polar surface area (TPSA) is 84.5 Å². The van der Waals surface area contributed by atoms with Gasteiger partial charge in [0.15, 0.2) is 0 Å². The van der Waals surface area contributed by atoms with Gasteiger partial charge in [-0.1, -0.05) is 6.92 Å². The molecule has 0 saturated carbocycles. The van der Waals surface area contributed by atoms with Crippen LogP contribution in [0, 0.1) is 5.92 Å². The Morgan fingerprint density at radius 2 is 1.70 bits per heavy atom. The molecule has 0 saturated heterocycles. The molecule has 0 aromatic carbocycles. The van der Waals surface area contributed by atoms with Gasteiger partial charge in [0, 0.05) is 12.5 Å². The molecule has 0 aliphatic rings. The highest BCUT2D eigenvalue weighted by Gasteiger charge is 2.30. The van der Waals surface area contributed by atoms with E-state index in [1.807, 2.05) is 0 Å². The predicted molar refractivity (Wildman–Crippen MR) is 36.2 cm³/mol. The lowest BCUT2D eigenvalue weighted by Gasteiger charge is -2.28. The molecule has 10 heavy (non-hydrogen) atoms. The van der Waals surface area contributed by atoms with Crippen LogP contribution < -0.4 is 5.73 Å². The molecule has 4 nitrogen and oxygen atoms in total. The highest BCUT2D eigenvalue weighted by molar-refractivity contribution is 4.86. The van der Waals surface area contributed by atoms with Crippen molar-refractivity contribution in [2.24, 2.45) is 5.92 Å². The lowest BCUT2D eigenvalue weighted by molar-refractivity contribution is 0.0497. The van der Waals surface area contributed by atoms with Crippen LogP contribution in [0.5, 0.6) is 0 Å². The lowest BCUT2D eigenvalue weighted by Crippen LogP contribution is -2.47. The van der Waals surface area contributed by atoms with Crippen LogP contribution in [0.3, 0.4) is 0 Å². The van der Waals surface area contributed by atoms with Crippen molar-refractivity contribution in [3.05, 3.63) is 0 Å². The maximum absolute atomic E-state index is 8.63. The second-order valence-corrected chi connectivity index (χ2v) is 2.56. The number of aliphatic hydroxyl groups excluding tert-OH is 3. The second-order valence-electron chi connectivity index (χ2n) is 2.56. The zero-order chi connectivity index (χ0) is 8.20. The van der Waals surface area contributed by atoms with Gasteiger partial charge < -0.3 is 15.3 Å². The van der Waals surface area contributed by atoms with Crippen LogP contribution in [-0.2, 0) is 0 Å². The first-order valence-electron chi connectivity index (χ1n) is 3.18. The SMILES string of the molecule is CC(CO)C([NH])(CO)CO. The molecule has 0 fully saturated rings. The minimum absolute atomic E-state index is 0.190. The standard InChI is InChI=1S/C6H14NO3/c1-5(2-8)6(7,3-9)4-10/h5,7-10H,2-4H2,1H3. The van der Waals surface area contributed by atoms with E-state index in [0.29, 0.717) is 0 Å². The first-order chi connectivity index (χ1) is 4.60. The summed E-state index contributed by atoms with van der Waals surface area (Å²) in [4.78, 5) is 0. The molecule has 0 aromatic rings. The number of hydrogen-bond acceptors (Lipinski definition) is 3. The smallest absolute Gasteiger partial charge is 0.0831 e. The average molecular weight is 148 g/mol. The molecular formula is C6H14NO3. The maximum atomic E-state index is 8.63. The summed E-state index contributed by atoms with van der Waals surface area (Å²) in [5, 5.41) is 25.8. The molecule has 4 N–H and O–H groups in total. The number of aliphatic hydroxyl groups is 3. The van der Waals surface area contributed by atoms with E-state index in [1.165, 1.54) is 0 Å². The second kappa shape index (κ2) is 3.88. The normalized spacial score (nSPS) is 15.3. The summed E-state index contributed by atoms with van der Waals surface area (Å²) >= 11 is 0. The van der Waals surface area contributed by atoms with Gasteiger partial charge in [0.25, 0.3) is 0 Å². The molecule has 1 unspecified atom stereocenters. The van der Waals surface area contributed by atoms with Crippen LogP contribution >= 0.6 is 0 Å². The van der Waals surface area contributed by atoms with Crippen LogP contribution in [0.25, 0.3) is 0 Å². The summed E-state index contributed by atoms with van der Waals surface area (Å²) in [6.07, 6.45) is 0. The van der Waals surface area contributed by atoms with E-state index >= 15 is 0 Å². The summed E-state index contributed by atoms with van der Waals surface area (Å²) in [7, 11) is 0. The summed E-state index contributed by atoms with van der Waals surface area (Å²) in [6.45, 7) is 0.570. The molecule has 61 valence electrons. The molecule has 0 rings (SSSR count). The Hall–Kier alpha value is -0.160. The molecule has 0 amide bonds. The molecule has 0 aromatic heterocycles. The van der Waals surface area contributed by atoms with Gasteiger partial charge in [-0.2, -0.15) is 0 Å². The fraction of sp³-hybridized carbons (Fsp3) is 1.00. The molecule has 4 heteroatoms. The van der Waals surface area contributed by atoms with Gasteiger partial charge in [-0.3, -0.25) is 0 Å². The molecule has 0 heterocycles. The van der Waals surface area contributed by atoms with Crippen LogP contribution in [0.1, 0.15) is 6.92 Å². The predicted octanol–water partition coefficient (Wildman–Crippen LogP) is -1.38. The van der Waals surface area contributed by atoms with Gasteiger partial charge in [0.05, 0.1) is 18.8 Å². The zero-order valence-corrected chi connectivity index (χ0v) is 6.04. The Morgan fingerprint density at radius 1 is 1.30 bits per heavy atom. The van der Waals surface area contributed by atoms with E-state index in [2.05, 4.69) is 0 Å². The van der Waals surface area contributed by atoms with Crippen molar-refractivity contribution < 1.29 is 15.3 Å². The molecule has 0 bridgehead atoms. The van der Waals surface area contributed by atoms with Gasteiger partial charge in [-0.05, 0) is 0 Å². The van der Waals surface area contributed by atoms with Crippen LogP contribution in [0.15, 0.2) is 0 Å². The Bertz CT molecular complexity index is 93.0. The van der Waals surface area contributed by atoms with E-state index in [4.69, 9.17) is 21.1 Å². The third-order valence-corrected chi connectivity index (χ3v) is 1.78. The Morgan fingerprint density at radius 3 is 1.80 bits per heavy atom. The van der Waals surface area contributed by atoms with Crippen molar-refractivity contribution in [2.45, 2.75) is 12.5 Å². The Balaban J connectivity index is 4.02. The van der Waals surface area contributed by atoms with E-state index in [-0.39, 0.29) is 6.61 Å². The largest absolute Gasteiger partial charge is 0.396 e. The minimum atomic E-state index is -1.30. The van der Waals surface area contributed by atoms with E-state index in [1.54, 1.807) is 6.92 Å². The van der Waals surface area contributed by atoms with Gasteiger partial charge in [-0.25, -0.2) is 5.73 Å². The number of hydrogen-bond donors (Lipinski definition) is 3. The number of rotatable bonds is 4. The van der Waals surface area contributed by atoms with E-state index in [0.717, 1.165) is 0 Å². The average Bonchev–Trinajstić information content (AvgIpc) is 2.01. The molecule has 0 aliphatic heterocycles. The van der Waals surface area contributed by atoms with E-state index < -0.39 is 24.7 Å². The van der Waals surface area contributed by atoms with Crippen molar-refractivity contribution in [3.63, 3.8) is 0 Å². The van der Waals surface area contributed by atoms with Crippen molar-refractivity contribution in [1.29, 1.82) is 0 Å². The van der Waals surface area contributed by atoms with Gasteiger partial charge in [0.1, 0.15) is 0 Å². The first kappa shape index (κ1) is 9.84. The monoisotopic (exact) mass is 148 g/mol. The summed E-state index contributed by atoms with van der Waals surface area (Å²) in [6, 6.07) is 0. The van der Waals surface area contributed by atoms with Crippen molar-refractivity contribution in [1.82, 2.24) is 5.73 Å². The quantitative estimate of drug-likeness (QED) is 0.459. The molecule has 1 radical (unpaired) electrons. The Labute approximate surface area is 60.3 Å². The summed E-state index contributed by atoms with van der Waals surface area (Å²) in [5.41, 5.74) is 6.07. The highest BCUT2D eigenvalue weighted by atomic mass is 16.3. The van der Waals surface area contributed by atoms with Crippen molar-refractivity contribution in [3.8, 4) is 0 Å².